The van der Waals surface area contributed by atoms with Crippen LogP contribution < -0.4 is 15.6 Å². The van der Waals surface area contributed by atoms with Crippen molar-refractivity contribution in [2.24, 2.45) is 4.99 Å². The fourth-order valence-corrected chi connectivity index (χ4v) is 3.11. The minimum Gasteiger partial charge on any atom is -0.494 e. The van der Waals surface area contributed by atoms with Gasteiger partial charge >= 0.3 is 5.97 Å². The fraction of sp³-hybridized carbons (Fsp3) is 0.609. The van der Waals surface area contributed by atoms with Gasteiger partial charge in [-0.25, -0.2) is 10.4 Å². The zero-order valence-electron chi connectivity index (χ0n) is 19.0. The van der Waals surface area contributed by atoms with Gasteiger partial charge in [-0.05, 0) is 64.3 Å². The molecule has 3 N–H and O–H groups in total. The number of nitrogens with one attached hydrogen (secondary N) is 2. The molecule has 1 aliphatic heterocycles. The third kappa shape index (κ3) is 6.93. The molecule has 1 fully saturated rings. The average Bonchev–Trinajstić information content (AvgIpc) is 3.47. The molecule has 1 aromatic carbocycles. The SMILES string of the molecule is CC(C)(C)OC(=O)CC[C@@]1(C(=O)NNC2CC2)COC(c2ccc(OCCCO)cc2)=N1. The molecule has 2 aliphatic rings. The lowest BCUT2D eigenvalue weighted by Gasteiger charge is -2.24. The van der Waals surface area contributed by atoms with Gasteiger partial charge in [-0.1, -0.05) is 0 Å². The second kappa shape index (κ2) is 10.3. The van der Waals surface area contributed by atoms with E-state index in [9.17, 15) is 9.59 Å². The highest BCUT2D eigenvalue weighted by molar-refractivity contribution is 6.00. The second-order valence-corrected chi connectivity index (χ2v) is 9.15. The Morgan fingerprint density at radius 3 is 2.59 bits per heavy atom. The van der Waals surface area contributed by atoms with Gasteiger partial charge in [-0.3, -0.25) is 15.0 Å². The van der Waals surface area contributed by atoms with Crippen molar-refractivity contribution in [3.63, 3.8) is 0 Å². The summed E-state index contributed by atoms with van der Waals surface area (Å²) in [5.41, 5.74) is 4.63. The maximum absolute atomic E-state index is 13.0. The third-order valence-electron chi connectivity index (χ3n) is 4.99. The number of esters is 1. The number of carbonyl (C=O) groups is 2. The highest BCUT2D eigenvalue weighted by Gasteiger charge is 2.45. The van der Waals surface area contributed by atoms with Gasteiger partial charge in [0.1, 0.15) is 18.0 Å². The first-order chi connectivity index (χ1) is 15.2. The Labute approximate surface area is 188 Å². The lowest BCUT2D eigenvalue weighted by Crippen LogP contribution is -2.52. The number of nitrogens with zero attached hydrogens (tertiary/aromatic N) is 1. The van der Waals surface area contributed by atoms with E-state index in [1.165, 1.54) is 0 Å². The molecule has 1 amide bonds. The standard InChI is InChI=1S/C23H33N3O6/c1-22(2,3)32-19(28)11-12-23(21(29)26-25-17-7-8-17)15-31-20(24-23)16-5-9-18(10-6-16)30-14-4-13-27/h5-6,9-10,17,25,27H,4,7-8,11-15H2,1-3H3,(H,26,29)/t23-/m0/s1. The van der Waals surface area contributed by atoms with Crippen LogP contribution >= 0.6 is 0 Å². The van der Waals surface area contributed by atoms with Crippen molar-refractivity contribution < 1.29 is 28.9 Å². The van der Waals surface area contributed by atoms with Crippen molar-refractivity contribution in [2.75, 3.05) is 19.8 Å². The van der Waals surface area contributed by atoms with Crippen LogP contribution in [0.5, 0.6) is 5.75 Å². The first-order valence-corrected chi connectivity index (χ1v) is 11.1. The van der Waals surface area contributed by atoms with E-state index in [-0.39, 0.29) is 44.0 Å². The van der Waals surface area contributed by atoms with Crippen molar-refractivity contribution >= 4 is 17.8 Å². The van der Waals surface area contributed by atoms with Crippen LogP contribution in [0.15, 0.2) is 29.3 Å². The number of ether oxygens (including phenoxy) is 3. The van der Waals surface area contributed by atoms with Crippen molar-refractivity contribution in [3.05, 3.63) is 29.8 Å². The number of rotatable bonds is 11. The van der Waals surface area contributed by atoms with Crippen LogP contribution in [-0.2, 0) is 19.1 Å². The number of aliphatic hydroxyl groups excluding tert-OH is 1. The molecule has 1 heterocycles. The molecule has 176 valence electrons. The zero-order chi connectivity index (χ0) is 23.2. The van der Waals surface area contributed by atoms with E-state index in [1.54, 1.807) is 45.0 Å². The molecule has 1 saturated carbocycles. The molecule has 9 heteroatoms. The predicted molar refractivity (Wildman–Crippen MR) is 118 cm³/mol. The summed E-state index contributed by atoms with van der Waals surface area (Å²) in [7, 11) is 0. The van der Waals surface area contributed by atoms with Crippen LogP contribution in [0.2, 0.25) is 0 Å². The lowest BCUT2D eigenvalue weighted by molar-refractivity contribution is -0.155. The molecule has 0 aromatic heterocycles. The van der Waals surface area contributed by atoms with Crippen molar-refractivity contribution in [2.45, 2.75) is 70.1 Å². The smallest absolute Gasteiger partial charge is 0.306 e. The molecule has 0 unspecified atom stereocenters. The molecule has 32 heavy (non-hydrogen) atoms. The lowest BCUT2D eigenvalue weighted by atomic mass is 9.94. The number of hydrogen-bond acceptors (Lipinski definition) is 8. The molecular weight excluding hydrogens is 414 g/mol. The largest absolute Gasteiger partial charge is 0.494 e. The van der Waals surface area contributed by atoms with E-state index in [2.05, 4.69) is 15.8 Å². The van der Waals surface area contributed by atoms with Gasteiger partial charge in [0.15, 0.2) is 5.54 Å². The summed E-state index contributed by atoms with van der Waals surface area (Å²) in [6.45, 7) is 5.95. The first kappa shape index (κ1) is 24.0. The maximum atomic E-state index is 13.0. The Bertz CT molecular complexity index is 829. The summed E-state index contributed by atoms with van der Waals surface area (Å²) in [5, 5.41) is 8.85. The van der Waals surface area contributed by atoms with Gasteiger partial charge in [0.05, 0.1) is 6.61 Å². The van der Waals surface area contributed by atoms with Gasteiger partial charge < -0.3 is 19.3 Å². The van der Waals surface area contributed by atoms with Gasteiger partial charge in [0.2, 0.25) is 5.90 Å². The van der Waals surface area contributed by atoms with Crippen LogP contribution in [-0.4, -0.2) is 59.9 Å². The highest BCUT2D eigenvalue weighted by Crippen LogP contribution is 2.29. The molecule has 1 atom stereocenters. The fourth-order valence-electron chi connectivity index (χ4n) is 3.11. The van der Waals surface area contributed by atoms with E-state index >= 15 is 0 Å². The number of hydrazine groups is 1. The molecule has 0 bridgehead atoms. The summed E-state index contributed by atoms with van der Waals surface area (Å²) in [6.07, 6.45) is 2.81. The van der Waals surface area contributed by atoms with Gasteiger partial charge in [0, 0.05) is 31.1 Å². The summed E-state index contributed by atoms with van der Waals surface area (Å²) in [4.78, 5) is 29.9. The minimum absolute atomic E-state index is 0.0397. The summed E-state index contributed by atoms with van der Waals surface area (Å²) in [6, 6.07) is 7.46. The van der Waals surface area contributed by atoms with Gasteiger partial charge in [-0.2, -0.15) is 0 Å². The van der Waals surface area contributed by atoms with Crippen molar-refractivity contribution in [1.82, 2.24) is 10.9 Å². The quantitative estimate of drug-likeness (QED) is 0.269. The minimum atomic E-state index is -1.22. The zero-order valence-corrected chi connectivity index (χ0v) is 19.0. The van der Waals surface area contributed by atoms with Crippen LogP contribution in [0, 0.1) is 0 Å². The summed E-state index contributed by atoms with van der Waals surface area (Å²) in [5.74, 6) is 0.306. The molecule has 9 nitrogen and oxygen atoms in total. The number of aliphatic hydroxyl groups is 1. The van der Waals surface area contributed by atoms with E-state index in [4.69, 9.17) is 19.3 Å². The number of carbonyl (C=O) groups excluding carboxylic acids is 2. The predicted octanol–water partition coefficient (Wildman–Crippen LogP) is 1.87. The van der Waals surface area contributed by atoms with Gasteiger partial charge in [0.25, 0.3) is 5.91 Å². The van der Waals surface area contributed by atoms with E-state index in [1.807, 2.05) is 0 Å². The van der Waals surface area contributed by atoms with E-state index in [0.29, 0.717) is 30.2 Å². The average molecular weight is 448 g/mol. The molecule has 3 rings (SSSR count). The normalized spacial score (nSPS) is 20.3. The van der Waals surface area contributed by atoms with Crippen LogP contribution in [0.25, 0.3) is 0 Å². The van der Waals surface area contributed by atoms with E-state index < -0.39 is 11.1 Å². The molecule has 1 aliphatic carbocycles. The summed E-state index contributed by atoms with van der Waals surface area (Å²) < 4.78 is 16.7. The van der Waals surface area contributed by atoms with Crippen molar-refractivity contribution in [3.8, 4) is 5.75 Å². The maximum Gasteiger partial charge on any atom is 0.306 e. The van der Waals surface area contributed by atoms with Gasteiger partial charge in [-0.15, -0.1) is 0 Å². The molecule has 0 spiro atoms. The number of hydrogen-bond donors (Lipinski definition) is 3. The van der Waals surface area contributed by atoms with E-state index in [0.717, 1.165) is 12.8 Å². The molecule has 0 saturated heterocycles. The molecule has 0 radical (unpaired) electrons. The Morgan fingerprint density at radius 1 is 1.25 bits per heavy atom. The molecule has 1 aromatic rings. The monoisotopic (exact) mass is 447 g/mol. The Morgan fingerprint density at radius 2 is 1.97 bits per heavy atom. The third-order valence-corrected chi connectivity index (χ3v) is 4.99. The van der Waals surface area contributed by atoms with Crippen LogP contribution in [0.4, 0.5) is 0 Å². The Hall–Kier alpha value is -2.65. The topological polar surface area (TPSA) is 118 Å². The summed E-state index contributed by atoms with van der Waals surface area (Å²) >= 11 is 0. The second-order valence-electron chi connectivity index (χ2n) is 9.15. The Balaban J connectivity index is 1.71. The van der Waals surface area contributed by atoms with Crippen LogP contribution in [0.3, 0.4) is 0 Å². The van der Waals surface area contributed by atoms with Crippen LogP contribution in [0.1, 0.15) is 58.4 Å². The number of benzene rings is 1. The van der Waals surface area contributed by atoms with Crippen molar-refractivity contribution in [1.29, 1.82) is 0 Å². The number of amides is 1. The number of aliphatic imine (C=N–C) groups is 1. The Kier molecular flexibility index (Phi) is 7.73. The highest BCUT2D eigenvalue weighted by atomic mass is 16.6. The molecular formula is C23H33N3O6. The first-order valence-electron chi connectivity index (χ1n) is 11.1.